The van der Waals surface area contributed by atoms with Crippen LogP contribution in [-0.2, 0) is 0 Å². The fourth-order valence-corrected chi connectivity index (χ4v) is 2.43. The lowest BCUT2D eigenvalue weighted by Crippen LogP contribution is -1.85. The first-order valence-electron chi connectivity index (χ1n) is 5.21. The Balaban J connectivity index is 2.61. The van der Waals surface area contributed by atoms with E-state index < -0.39 is 0 Å². The van der Waals surface area contributed by atoms with Gasteiger partial charge >= 0.3 is 0 Å². The molecule has 0 nitrogen and oxygen atoms in total. The second kappa shape index (κ2) is 5.04. The summed E-state index contributed by atoms with van der Waals surface area (Å²) in [7, 11) is 0. The van der Waals surface area contributed by atoms with Gasteiger partial charge in [-0.3, -0.25) is 0 Å². The predicted molar refractivity (Wildman–Crippen MR) is 73.8 cm³/mol. The van der Waals surface area contributed by atoms with Crippen LogP contribution in [0.25, 0.3) is 17.2 Å². The van der Waals surface area contributed by atoms with E-state index in [9.17, 15) is 0 Å². The molecular weight excluding hydrogens is 212 g/mol. The summed E-state index contributed by atoms with van der Waals surface area (Å²) in [6, 6.07) is 16.8. The van der Waals surface area contributed by atoms with E-state index in [1.807, 2.05) is 12.1 Å². The van der Waals surface area contributed by atoms with E-state index >= 15 is 0 Å². The normalized spacial score (nSPS) is 10.1. The first-order chi connectivity index (χ1) is 7.86. The molecule has 0 N–H and O–H groups in total. The molecule has 16 heavy (non-hydrogen) atoms. The zero-order valence-corrected chi connectivity index (χ0v) is 10.1. The molecule has 0 fully saturated rings. The zero-order chi connectivity index (χ0) is 11.4. The van der Waals surface area contributed by atoms with Gasteiger partial charge in [-0.15, -0.1) is 11.8 Å². The number of rotatable bonds is 3. The van der Waals surface area contributed by atoms with Gasteiger partial charge in [0.25, 0.3) is 0 Å². The van der Waals surface area contributed by atoms with Crippen LogP contribution in [0.3, 0.4) is 0 Å². The Bertz CT molecular complexity index is 486. The highest BCUT2D eigenvalue weighted by molar-refractivity contribution is 7.98. The number of hydrogen-bond acceptors (Lipinski definition) is 1. The van der Waals surface area contributed by atoms with E-state index in [0.29, 0.717) is 0 Å². The van der Waals surface area contributed by atoms with E-state index in [2.05, 4.69) is 55.3 Å². The molecule has 0 aliphatic carbocycles. The Morgan fingerprint density at radius 1 is 1.00 bits per heavy atom. The SMILES string of the molecule is C=Cc1c(SC)cccc1-c1ccccc1. The quantitative estimate of drug-likeness (QED) is 0.682. The summed E-state index contributed by atoms with van der Waals surface area (Å²) in [6.45, 7) is 3.91. The largest absolute Gasteiger partial charge is 0.129 e. The minimum absolute atomic E-state index is 1.22. The fraction of sp³-hybridized carbons (Fsp3) is 0.0667. The Hall–Kier alpha value is -1.47. The molecule has 2 aromatic carbocycles. The van der Waals surface area contributed by atoms with E-state index in [0.717, 1.165) is 0 Å². The average molecular weight is 226 g/mol. The molecule has 0 saturated heterocycles. The van der Waals surface area contributed by atoms with Crippen LogP contribution >= 0.6 is 11.8 Å². The third-order valence-electron chi connectivity index (χ3n) is 2.57. The van der Waals surface area contributed by atoms with Gasteiger partial charge < -0.3 is 0 Å². The predicted octanol–water partition coefficient (Wildman–Crippen LogP) is 4.72. The lowest BCUT2D eigenvalue weighted by molar-refractivity contribution is 1.42. The van der Waals surface area contributed by atoms with E-state index in [-0.39, 0.29) is 0 Å². The fourth-order valence-electron chi connectivity index (χ4n) is 1.80. The van der Waals surface area contributed by atoms with Gasteiger partial charge in [-0.25, -0.2) is 0 Å². The maximum atomic E-state index is 3.91. The second-order valence-electron chi connectivity index (χ2n) is 3.49. The maximum absolute atomic E-state index is 3.91. The van der Waals surface area contributed by atoms with Crippen molar-refractivity contribution in [1.29, 1.82) is 0 Å². The van der Waals surface area contributed by atoms with Crippen molar-refractivity contribution in [2.45, 2.75) is 4.90 Å². The highest BCUT2D eigenvalue weighted by Gasteiger charge is 2.05. The molecule has 0 radical (unpaired) electrons. The van der Waals surface area contributed by atoms with Crippen molar-refractivity contribution in [2.75, 3.05) is 6.26 Å². The molecule has 1 heteroatoms. The molecule has 0 atom stereocenters. The molecule has 80 valence electrons. The zero-order valence-electron chi connectivity index (χ0n) is 9.31. The van der Waals surface area contributed by atoms with Crippen molar-refractivity contribution in [3.05, 3.63) is 60.7 Å². The lowest BCUT2D eigenvalue weighted by Gasteiger charge is -2.10. The van der Waals surface area contributed by atoms with Gasteiger partial charge in [-0.1, -0.05) is 55.1 Å². The van der Waals surface area contributed by atoms with Crippen molar-refractivity contribution in [3.63, 3.8) is 0 Å². The van der Waals surface area contributed by atoms with Crippen LogP contribution in [0.1, 0.15) is 5.56 Å². The molecule has 0 spiro atoms. The monoisotopic (exact) mass is 226 g/mol. The van der Waals surface area contributed by atoms with Gasteiger partial charge in [0.15, 0.2) is 0 Å². The average Bonchev–Trinajstić information content (AvgIpc) is 2.38. The molecule has 0 unspecified atom stereocenters. The van der Waals surface area contributed by atoms with Gasteiger partial charge in [-0.2, -0.15) is 0 Å². The van der Waals surface area contributed by atoms with E-state index in [1.54, 1.807) is 11.8 Å². The molecule has 0 bridgehead atoms. The number of thioether (sulfide) groups is 1. The molecule has 2 rings (SSSR count). The van der Waals surface area contributed by atoms with Crippen LogP contribution in [0.2, 0.25) is 0 Å². The minimum Gasteiger partial charge on any atom is -0.129 e. The van der Waals surface area contributed by atoms with Crippen LogP contribution < -0.4 is 0 Å². The highest BCUT2D eigenvalue weighted by Crippen LogP contribution is 2.31. The summed E-state index contributed by atoms with van der Waals surface area (Å²) in [5.41, 5.74) is 3.72. The van der Waals surface area contributed by atoms with Gasteiger partial charge in [0.2, 0.25) is 0 Å². The van der Waals surface area contributed by atoms with Crippen LogP contribution in [0.5, 0.6) is 0 Å². The summed E-state index contributed by atoms with van der Waals surface area (Å²) in [5, 5.41) is 0. The third kappa shape index (κ3) is 2.05. The summed E-state index contributed by atoms with van der Waals surface area (Å²) < 4.78 is 0. The Kier molecular flexibility index (Phi) is 3.47. The van der Waals surface area contributed by atoms with Crippen LogP contribution in [0, 0.1) is 0 Å². The van der Waals surface area contributed by atoms with Crippen molar-refractivity contribution < 1.29 is 0 Å². The molecule has 0 amide bonds. The number of benzene rings is 2. The highest BCUT2D eigenvalue weighted by atomic mass is 32.2. The Morgan fingerprint density at radius 3 is 2.38 bits per heavy atom. The molecule has 0 aliphatic rings. The summed E-state index contributed by atoms with van der Waals surface area (Å²) in [5.74, 6) is 0. The molecule has 0 aromatic heterocycles. The summed E-state index contributed by atoms with van der Waals surface area (Å²) in [6.07, 6.45) is 4.03. The van der Waals surface area contributed by atoms with E-state index in [4.69, 9.17) is 0 Å². The second-order valence-corrected chi connectivity index (χ2v) is 4.34. The van der Waals surface area contributed by atoms with E-state index in [1.165, 1.54) is 21.6 Å². The molecule has 2 aromatic rings. The van der Waals surface area contributed by atoms with Gasteiger partial charge in [0.05, 0.1) is 0 Å². The Labute approximate surface area is 101 Å². The minimum atomic E-state index is 1.22. The summed E-state index contributed by atoms with van der Waals surface area (Å²) >= 11 is 1.76. The number of hydrogen-bond donors (Lipinski definition) is 0. The van der Waals surface area contributed by atoms with Gasteiger partial charge in [-0.05, 0) is 29.0 Å². The van der Waals surface area contributed by atoms with Crippen LogP contribution in [0.4, 0.5) is 0 Å². The van der Waals surface area contributed by atoms with Gasteiger partial charge in [0.1, 0.15) is 0 Å². The molecule has 0 saturated carbocycles. The standard InChI is InChI=1S/C15H14S/c1-3-13-14(10-7-11-15(13)16-2)12-8-5-4-6-9-12/h3-11H,1H2,2H3. The molecule has 0 aliphatic heterocycles. The van der Waals surface area contributed by atoms with Crippen molar-refractivity contribution in [1.82, 2.24) is 0 Å². The first kappa shape index (κ1) is 11.0. The van der Waals surface area contributed by atoms with Gasteiger partial charge in [0, 0.05) is 4.90 Å². The van der Waals surface area contributed by atoms with Crippen molar-refractivity contribution in [2.24, 2.45) is 0 Å². The van der Waals surface area contributed by atoms with Crippen molar-refractivity contribution in [3.8, 4) is 11.1 Å². The topological polar surface area (TPSA) is 0 Å². The van der Waals surface area contributed by atoms with Crippen LogP contribution in [0.15, 0.2) is 60.0 Å². The maximum Gasteiger partial charge on any atom is 0.0148 e. The summed E-state index contributed by atoms with van der Waals surface area (Å²) in [4.78, 5) is 1.27. The third-order valence-corrected chi connectivity index (χ3v) is 3.37. The first-order valence-corrected chi connectivity index (χ1v) is 6.44. The molecule has 0 heterocycles. The molecular formula is C15H14S. The lowest BCUT2D eigenvalue weighted by atomic mass is 10.00. The van der Waals surface area contributed by atoms with Crippen molar-refractivity contribution >= 4 is 17.8 Å². The van der Waals surface area contributed by atoms with Crippen LogP contribution in [-0.4, -0.2) is 6.26 Å². The Morgan fingerprint density at radius 2 is 1.75 bits per heavy atom. The smallest absolute Gasteiger partial charge is 0.0148 e.